The number of nitrogens with one attached hydrogen (secondary N) is 1. The summed E-state index contributed by atoms with van der Waals surface area (Å²) in [5.41, 5.74) is 4.04. The van der Waals surface area contributed by atoms with E-state index >= 15 is 0 Å². The average molecular weight is 249 g/mol. The minimum absolute atomic E-state index is 0.943. The number of nitrogens with zero attached hydrogens (tertiary/aromatic N) is 2. The molecule has 1 aromatic carbocycles. The highest BCUT2D eigenvalue weighted by Crippen LogP contribution is 2.23. The molecule has 3 nitrogen and oxygen atoms in total. The minimum atomic E-state index is 0.943. The second-order valence-corrected chi connectivity index (χ2v) is 5.52. The lowest BCUT2D eigenvalue weighted by Crippen LogP contribution is -2.13. The van der Waals surface area contributed by atoms with Gasteiger partial charge >= 0.3 is 0 Å². The van der Waals surface area contributed by atoms with Gasteiger partial charge in [-0.2, -0.15) is 0 Å². The Balaban J connectivity index is 1.85. The van der Waals surface area contributed by atoms with Gasteiger partial charge in [-0.1, -0.05) is 11.8 Å². The summed E-state index contributed by atoms with van der Waals surface area (Å²) >= 11 is 3.46. The van der Waals surface area contributed by atoms with Gasteiger partial charge in [-0.3, -0.25) is 4.99 Å². The van der Waals surface area contributed by atoms with Crippen LogP contribution in [-0.4, -0.2) is 22.4 Å². The number of hydrogen-bond acceptors (Lipinski definition) is 5. The third-order valence-corrected chi connectivity index (χ3v) is 4.17. The van der Waals surface area contributed by atoms with Crippen molar-refractivity contribution in [1.29, 1.82) is 0 Å². The molecule has 0 saturated carbocycles. The second-order valence-electron chi connectivity index (χ2n) is 3.55. The number of hydrogen-bond donors (Lipinski definition) is 1. The first-order valence-corrected chi connectivity index (χ1v) is 7.06. The van der Waals surface area contributed by atoms with Crippen LogP contribution in [0.1, 0.15) is 6.42 Å². The third kappa shape index (κ3) is 2.05. The molecule has 0 unspecified atom stereocenters. The van der Waals surface area contributed by atoms with Crippen molar-refractivity contribution in [2.75, 3.05) is 17.6 Å². The zero-order valence-electron chi connectivity index (χ0n) is 8.64. The second kappa shape index (κ2) is 4.43. The molecule has 1 aliphatic rings. The summed E-state index contributed by atoms with van der Waals surface area (Å²) in [4.78, 5) is 8.71. The summed E-state index contributed by atoms with van der Waals surface area (Å²) in [5, 5.41) is 4.39. The molecule has 1 aromatic heterocycles. The Bertz CT molecular complexity index is 533. The molecule has 16 heavy (non-hydrogen) atoms. The smallest absolute Gasteiger partial charge is 0.161 e. The topological polar surface area (TPSA) is 37.3 Å². The van der Waals surface area contributed by atoms with Gasteiger partial charge in [-0.25, -0.2) is 4.98 Å². The summed E-state index contributed by atoms with van der Waals surface area (Å²) in [6, 6.07) is 6.23. The van der Waals surface area contributed by atoms with Gasteiger partial charge in [0.15, 0.2) is 5.17 Å². The Morgan fingerprint density at radius 2 is 2.31 bits per heavy atom. The standard InChI is InChI=1S/C11H11N3S2/c1-4-12-11(15-5-1)14-8-2-3-9-10(6-8)16-7-13-9/h2-3,6-7H,1,4-5H2,(H,12,14). The predicted octanol–water partition coefficient (Wildman–Crippen LogP) is 3.20. The normalized spacial score (nSPS) is 16.1. The highest BCUT2D eigenvalue weighted by molar-refractivity contribution is 8.14. The summed E-state index contributed by atoms with van der Waals surface area (Å²) in [6.07, 6.45) is 1.18. The number of fused-ring (bicyclic) bond motifs is 1. The van der Waals surface area contributed by atoms with Crippen LogP contribution in [0.4, 0.5) is 5.69 Å². The maximum absolute atomic E-state index is 4.45. The van der Waals surface area contributed by atoms with Gasteiger partial charge in [0.1, 0.15) is 0 Å². The predicted molar refractivity (Wildman–Crippen MR) is 72.6 cm³/mol. The number of thiazole rings is 1. The van der Waals surface area contributed by atoms with Crippen molar-refractivity contribution in [3.63, 3.8) is 0 Å². The van der Waals surface area contributed by atoms with Crippen molar-refractivity contribution in [1.82, 2.24) is 4.98 Å². The first-order chi connectivity index (χ1) is 7.92. The van der Waals surface area contributed by atoms with Gasteiger partial charge in [0, 0.05) is 18.0 Å². The summed E-state index contributed by atoms with van der Waals surface area (Å²) < 4.78 is 1.21. The first kappa shape index (κ1) is 10.1. The van der Waals surface area contributed by atoms with E-state index in [1.807, 2.05) is 11.6 Å². The highest BCUT2D eigenvalue weighted by Gasteiger charge is 2.06. The van der Waals surface area contributed by atoms with E-state index in [1.165, 1.54) is 11.1 Å². The van der Waals surface area contributed by atoms with Gasteiger partial charge in [-0.15, -0.1) is 11.3 Å². The van der Waals surface area contributed by atoms with E-state index in [4.69, 9.17) is 0 Å². The van der Waals surface area contributed by atoms with Gasteiger partial charge in [-0.05, 0) is 24.6 Å². The molecule has 0 bridgehead atoms. The molecule has 2 heterocycles. The fraction of sp³-hybridized carbons (Fsp3) is 0.273. The Kier molecular flexibility index (Phi) is 2.80. The summed E-state index contributed by atoms with van der Waals surface area (Å²) in [5.74, 6) is 1.16. The van der Waals surface area contributed by atoms with E-state index in [0.717, 1.165) is 28.7 Å². The Morgan fingerprint density at radius 1 is 1.31 bits per heavy atom. The fourth-order valence-electron chi connectivity index (χ4n) is 1.59. The van der Waals surface area contributed by atoms with Crippen LogP contribution in [0, 0.1) is 0 Å². The molecule has 0 amide bonds. The first-order valence-electron chi connectivity index (χ1n) is 5.19. The summed E-state index contributed by atoms with van der Waals surface area (Å²) in [6.45, 7) is 0.943. The Hall–Kier alpha value is -1.07. The molecule has 0 spiro atoms. The number of benzene rings is 1. The van der Waals surface area contributed by atoms with Crippen molar-refractivity contribution in [2.45, 2.75) is 6.42 Å². The molecule has 2 aromatic rings. The molecule has 0 saturated heterocycles. The van der Waals surface area contributed by atoms with Gasteiger partial charge in [0.2, 0.25) is 0 Å². The summed E-state index contributed by atoms with van der Waals surface area (Å²) in [7, 11) is 0. The number of rotatable bonds is 1. The zero-order chi connectivity index (χ0) is 10.8. The van der Waals surface area contributed by atoms with Crippen LogP contribution in [0.5, 0.6) is 0 Å². The number of anilines is 1. The molecule has 0 atom stereocenters. The molecule has 5 heteroatoms. The van der Waals surface area contributed by atoms with E-state index in [-0.39, 0.29) is 0 Å². The van der Waals surface area contributed by atoms with Crippen molar-refractivity contribution in [2.24, 2.45) is 4.99 Å². The van der Waals surface area contributed by atoms with Gasteiger partial charge < -0.3 is 5.32 Å². The largest absolute Gasteiger partial charge is 0.335 e. The molecular formula is C11H11N3S2. The molecule has 0 radical (unpaired) electrons. The maximum Gasteiger partial charge on any atom is 0.161 e. The lowest BCUT2D eigenvalue weighted by atomic mass is 10.3. The van der Waals surface area contributed by atoms with Crippen molar-refractivity contribution < 1.29 is 0 Å². The van der Waals surface area contributed by atoms with E-state index < -0.39 is 0 Å². The highest BCUT2D eigenvalue weighted by atomic mass is 32.2. The van der Waals surface area contributed by atoms with E-state index in [0.29, 0.717) is 0 Å². The molecule has 0 aliphatic carbocycles. The molecule has 1 aliphatic heterocycles. The fourth-order valence-corrected chi connectivity index (χ4v) is 3.15. The number of aliphatic imine (C=N–C) groups is 1. The zero-order valence-corrected chi connectivity index (χ0v) is 10.3. The lowest BCUT2D eigenvalue weighted by Gasteiger charge is -2.12. The van der Waals surface area contributed by atoms with E-state index in [1.54, 1.807) is 23.1 Å². The molecule has 82 valence electrons. The van der Waals surface area contributed by atoms with E-state index in [9.17, 15) is 0 Å². The Morgan fingerprint density at radius 3 is 3.19 bits per heavy atom. The van der Waals surface area contributed by atoms with Crippen LogP contribution in [0.2, 0.25) is 0 Å². The van der Waals surface area contributed by atoms with E-state index in [2.05, 4.69) is 27.4 Å². The molecule has 1 N–H and O–H groups in total. The third-order valence-electron chi connectivity index (χ3n) is 2.38. The van der Waals surface area contributed by atoms with Gasteiger partial charge in [0.05, 0.1) is 15.7 Å². The molecular weight excluding hydrogens is 238 g/mol. The van der Waals surface area contributed by atoms with Crippen LogP contribution >= 0.6 is 23.1 Å². The number of amidine groups is 1. The average Bonchev–Trinajstić information content (AvgIpc) is 2.77. The van der Waals surface area contributed by atoms with Crippen molar-refractivity contribution >= 4 is 44.2 Å². The Labute approximate surface area is 102 Å². The van der Waals surface area contributed by atoms with Crippen LogP contribution in [-0.2, 0) is 0 Å². The van der Waals surface area contributed by atoms with Crippen molar-refractivity contribution in [3.8, 4) is 0 Å². The lowest BCUT2D eigenvalue weighted by molar-refractivity contribution is 0.938. The maximum atomic E-state index is 4.45. The van der Waals surface area contributed by atoms with Crippen LogP contribution in [0.3, 0.4) is 0 Å². The minimum Gasteiger partial charge on any atom is -0.335 e. The molecule has 3 rings (SSSR count). The van der Waals surface area contributed by atoms with Crippen LogP contribution in [0.25, 0.3) is 10.2 Å². The van der Waals surface area contributed by atoms with Gasteiger partial charge in [0.25, 0.3) is 0 Å². The SMILES string of the molecule is c1nc2ccc(NC3=NCCCS3)cc2s1. The number of aromatic nitrogens is 1. The monoisotopic (exact) mass is 249 g/mol. The molecule has 0 fully saturated rings. The van der Waals surface area contributed by atoms with Crippen LogP contribution in [0.15, 0.2) is 28.7 Å². The quantitative estimate of drug-likeness (QED) is 0.843. The van der Waals surface area contributed by atoms with Crippen LogP contribution < -0.4 is 5.32 Å². The van der Waals surface area contributed by atoms with Crippen molar-refractivity contribution in [3.05, 3.63) is 23.7 Å². The number of thioether (sulfide) groups is 1.